The summed E-state index contributed by atoms with van der Waals surface area (Å²) in [7, 11) is 0. The number of benzene rings is 1. The molecule has 0 aliphatic carbocycles. The first-order chi connectivity index (χ1) is 13.0. The molecule has 8 nitrogen and oxygen atoms in total. The average Bonchev–Trinajstić information content (AvgIpc) is 2.96. The standard InChI is InChI=1S/C17H19F2N3O5S/c1-17(2,3)27-14(23)9-21-8-12(22(24)25)15(20-21)11-7-10(28-4)5-6-13(11)26-16(18)19/h5-8,16H,9H2,1-4H3. The molecule has 2 aromatic rings. The molecule has 0 radical (unpaired) electrons. The van der Waals surface area contributed by atoms with Crippen molar-refractivity contribution in [1.82, 2.24) is 9.78 Å². The number of nitro groups is 1. The van der Waals surface area contributed by atoms with E-state index in [1.165, 1.54) is 23.9 Å². The van der Waals surface area contributed by atoms with Crippen LogP contribution in [0.3, 0.4) is 0 Å². The fourth-order valence-electron chi connectivity index (χ4n) is 2.34. The number of hydrogen-bond acceptors (Lipinski definition) is 7. The molecule has 0 spiro atoms. The molecule has 0 N–H and O–H groups in total. The van der Waals surface area contributed by atoms with Crippen LogP contribution in [0.25, 0.3) is 11.3 Å². The zero-order valence-corrected chi connectivity index (χ0v) is 16.5. The van der Waals surface area contributed by atoms with Crippen molar-refractivity contribution < 1.29 is 28.0 Å². The highest BCUT2D eigenvalue weighted by Gasteiger charge is 2.26. The Labute approximate surface area is 164 Å². The molecule has 2 rings (SSSR count). The lowest BCUT2D eigenvalue weighted by atomic mass is 10.1. The van der Waals surface area contributed by atoms with Crippen LogP contribution in [0.5, 0.6) is 5.75 Å². The number of carbonyl (C=O) groups excluding carboxylic acids is 1. The minimum Gasteiger partial charge on any atom is -0.459 e. The van der Waals surface area contributed by atoms with Gasteiger partial charge in [0.2, 0.25) is 0 Å². The second-order valence-corrected chi connectivity index (χ2v) is 7.52. The summed E-state index contributed by atoms with van der Waals surface area (Å²) in [5, 5.41) is 15.5. The summed E-state index contributed by atoms with van der Waals surface area (Å²) in [4.78, 5) is 23.4. The predicted molar refractivity (Wildman–Crippen MR) is 98.6 cm³/mol. The first-order valence-corrected chi connectivity index (χ1v) is 9.29. The molecule has 1 aromatic carbocycles. The van der Waals surface area contributed by atoms with Gasteiger partial charge in [-0.1, -0.05) is 0 Å². The van der Waals surface area contributed by atoms with Gasteiger partial charge in [0.25, 0.3) is 0 Å². The molecule has 11 heteroatoms. The Bertz CT molecular complexity index is 880. The van der Waals surface area contributed by atoms with Gasteiger partial charge in [-0.15, -0.1) is 11.8 Å². The second kappa shape index (κ2) is 8.55. The number of thioether (sulfide) groups is 1. The second-order valence-electron chi connectivity index (χ2n) is 6.64. The third-order valence-corrected chi connectivity index (χ3v) is 4.03. The number of aromatic nitrogens is 2. The smallest absolute Gasteiger partial charge is 0.387 e. The van der Waals surface area contributed by atoms with E-state index in [2.05, 4.69) is 9.84 Å². The van der Waals surface area contributed by atoms with Crippen LogP contribution >= 0.6 is 11.8 Å². The lowest BCUT2D eigenvalue weighted by Crippen LogP contribution is -2.26. The summed E-state index contributed by atoms with van der Waals surface area (Å²) in [6, 6.07) is 4.31. The van der Waals surface area contributed by atoms with Crippen molar-refractivity contribution >= 4 is 23.4 Å². The largest absolute Gasteiger partial charge is 0.459 e. The first kappa shape index (κ1) is 21.6. The normalized spacial score (nSPS) is 11.5. The molecule has 28 heavy (non-hydrogen) atoms. The molecule has 1 heterocycles. The van der Waals surface area contributed by atoms with Crippen LogP contribution in [0.2, 0.25) is 0 Å². The highest BCUT2D eigenvalue weighted by molar-refractivity contribution is 7.98. The van der Waals surface area contributed by atoms with Crippen molar-refractivity contribution in [3.05, 3.63) is 34.5 Å². The van der Waals surface area contributed by atoms with E-state index >= 15 is 0 Å². The van der Waals surface area contributed by atoms with Gasteiger partial charge >= 0.3 is 18.3 Å². The number of hydrogen-bond donors (Lipinski definition) is 0. The van der Waals surface area contributed by atoms with E-state index in [0.717, 1.165) is 10.9 Å². The maximum Gasteiger partial charge on any atom is 0.387 e. The van der Waals surface area contributed by atoms with E-state index in [-0.39, 0.29) is 23.6 Å². The summed E-state index contributed by atoms with van der Waals surface area (Å²) in [6.45, 7) is 1.57. The molecule has 0 aliphatic heterocycles. The van der Waals surface area contributed by atoms with Gasteiger partial charge in [0.15, 0.2) is 5.69 Å². The van der Waals surface area contributed by atoms with Crippen molar-refractivity contribution in [3.63, 3.8) is 0 Å². The van der Waals surface area contributed by atoms with Gasteiger partial charge in [-0.25, -0.2) is 0 Å². The molecular formula is C17H19F2N3O5S. The van der Waals surface area contributed by atoms with Gasteiger partial charge < -0.3 is 9.47 Å². The lowest BCUT2D eigenvalue weighted by molar-refractivity contribution is -0.384. The van der Waals surface area contributed by atoms with Gasteiger partial charge in [0.05, 0.1) is 10.5 Å². The van der Waals surface area contributed by atoms with E-state index in [9.17, 15) is 23.7 Å². The van der Waals surface area contributed by atoms with Gasteiger partial charge in [-0.3, -0.25) is 19.6 Å². The van der Waals surface area contributed by atoms with Crippen molar-refractivity contribution in [3.8, 4) is 17.0 Å². The van der Waals surface area contributed by atoms with Crippen LogP contribution in [0, 0.1) is 10.1 Å². The van der Waals surface area contributed by atoms with Crippen molar-refractivity contribution in [2.75, 3.05) is 6.26 Å². The van der Waals surface area contributed by atoms with Crippen LogP contribution in [0.1, 0.15) is 20.8 Å². The van der Waals surface area contributed by atoms with Crippen molar-refractivity contribution in [2.45, 2.75) is 44.4 Å². The summed E-state index contributed by atoms with van der Waals surface area (Å²) in [5.74, 6) is -0.892. The van der Waals surface area contributed by atoms with Crippen LogP contribution in [0.4, 0.5) is 14.5 Å². The third-order valence-electron chi connectivity index (χ3n) is 3.31. The molecule has 0 atom stereocenters. The Balaban J connectivity index is 2.49. The minimum atomic E-state index is -3.11. The minimum absolute atomic E-state index is 0.0294. The Morgan fingerprint density at radius 2 is 2.07 bits per heavy atom. The zero-order chi connectivity index (χ0) is 21.1. The Morgan fingerprint density at radius 1 is 1.39 bits per heavy atom. The molecule has 0 saturated carbocycles. The van der Waals surface area contributed by atoms with Gasteiger partial charge in [-0.05, 0) is 45.2 Å². The molecule has 0 unspecified atom stereocenters. The van der Waals surface area contributed by atoms with Crippen LogP contribution in [0.15, 0.2) is 29.3 Å². The van der Waals surface area contributed by atoms with Crippen LogP contribution in [-0.4, -0.2) is 39.1 Å². The molecular weight excluding hydrogens is 396 g/mol. The Morgan fingerprint density at radius 3 is 2.61 bits per heavy atom. The fourth-order valence-corrected chi connectivity index (χ4v) is 2.78. The van der Waals surface area contributed by atoms with E-state index < -0.39 is 28.8 Å². The Hall–Kier alpha value is -2.69. The number of nitrogens with zero attached hydrogens (tertiary/aromatic N) is 3. The maximum absolute atomic E-state index is 12.7. The summed E-state index contributed by atoms with van der Waals surface area (Å²) >= 11 is 1.32. The van der Waals surface area contributed by atoms with Gasteiger partial charge in [0.1, 0.15) is 24.1 Å². The highest BCUT2D eigenvalue weighted by Crippen LogP contribution is 2.38. The SMILES string of the molecule is CSc1ccc(OC(F)F)c(-c2nn(CC(=O)OC(C)(C)C)cc2[N+](=O)[O-])c1. The molecule has 1 aromatic heterocycles. The number of rotatable bonds is 7. The number of halogens is 2. The highest BCUT2D eigenvalue weighted by atomic mass is 32.2. The summed E-state index contributed by atoms with van der Waals surface area (Å²) < 4.78 is 36.2. The zero-order valence-electron chi connectivity index (χ0n) is 15.6. The Kier molecular flexibility index (Phi) is 6.60. The summed E-state index contributed by atoms with van der Waals surface area (Å²) in [6.07, 6.45) is 2.82. The van der Waals surface area contributed by atoms with Crippen molar-refractivity contribution in [1.29, 1.82) is 0 Å². The number of alkyl halides is 2. The number of carbonyl (C=O) groups is 1. The molecule has 0 aliphatic rings. The van der Waals surface area contributed by atoms with E-state index in [1.807, 2.05) is 0 Å². The third kappa shape index (κ3) is 5.65. The number of esters is 1. The van der Waals surface area contributed by atoms with Gasteiger partial charge in [-0.2, -0.15) is 13.9 Å². The lowest BCUT2D eigenvalue weighted by Gasteiger charge is -2.19. The van der Waals surface area contributed by atoms with E-state index in [1.54, 1.807) is 33.1 Å². The average molecular weight is 415 g/mol. The number of ether oxygens (including phenoxy) is 2. The quantitative estimate of drug-likeness (QED) is 0.290. The molecule has 0 fully saturated rings. The van der Waals surface area contributed by atoms with E-state index in [0.29, 0.717) is 4.90 Å². The predicted octanol–water partition coefficient (Wildman–Crippen LogP) is 4.12. The first-order valence-electron chi connectivity index (χ1n) is 8.07. The van der Waals surface area contributed by atoms with Crippen LogP contribution in [-0.2, 0) is 16.1 Å². The van der Waals surface area contributed by atoms with Crippen LogP contribution < -0.4 is 4.74 Å². The fraction of sp³-hybridized carbons (Fsp3) is 0.412. The molecule has 0 saturated heterocycles. The topological polar surface area (TPSA) is 96.5 Å². The van der Waals surface area contributed by atoms with Gasteiger partial charge in [0, 0.05) is 4.90 Å². The molecule has 0 bridgehead atoms. The monoisotopic (exact) mass is 415 g/mol. The molecule has 152 valence electrons. The molecule has 0 amide bonds. The van der Waals surface area contributed by atoms with Crippen molar-refractivity contribution in [2.24, 2.45) is 0 Å². The summed E-state index contributed by atoms with van der Waals surface area (Å²) in [5.41, 5.74) is -1.33. The maximum atomic E-state index is 12.7. The van der Waals surface area contributed by atoms with E-state index in [4.69, 9.17) is 4.74 Å².